The number of thiophene rings is 1. The number of nitrogens with zero attached hydrogens (tertiary/aromatic N) is 2. The van der Waals surface area contributed by atoms with Gasteiger partial charge >= 0.3 is 5.97 Å². The SMILES string of the molecule is CC1=C(C(=O)OCc2ccccc2)C(c2cccs2)n2c(sc(=CC3CC=CCC3)c2=O)=N1. The number of esters is 1. The van der Waals surface area contributed by atoms with E-state index in [1.54, 1.807) is 4.57 Å². The lowest BCUT2D eigenvalue weighted by Crippen LogP contribution is -2.39. The number of carbonyl (C=O) groups excluding carboxylic acids is 1. The van der Waals surface area contributed by atoms with Gasteiger partial charge in [0.05, 0.1) is 15.8 Å². The van der Waals surface area contributed by atoms with Crippen LogP contribution in [0.5, 0.6) is 0 Å². The summed E-state index contributed by atoms with van der Waals surface area (Å²) in [5.41, 5.74) is 1.84. The van der Waals surface area contributed by atoms with Gasteiger partial charge in [0.25, 0.3) is 5.56 Å². The van der Waals surface area contributed by atoms with E-state index in [-0.39, 0.29) is 12.2 Å². The maximum atomic E-state index is 13.5. The molecule has 7 heteroatoms. The molecule has 0 saturated heterocycles. The second-order valence-corrected chi connectivity index (χ2v) is 10.2. The molecule has 2 aliphatic rings. The Balaban J connectivity index is 1.55. The average molecular weight is 477 g/mol. The van der Waals surface area contributed by atoms with Crippen LogP contribution in [0.2, 0.25) is 0 Å². The van der Waals surface area contributed by atoms with E-state index in [1.165, 1.54) is 22.7 Å². The molecule has 168 valence electrons. The Morgan fingerprint density at radius 1 is 1.21 bits per heavy atom. The molecular weight excluding hydrogens is 452 g/mol. The number of rotatable bonds is 5. The van der Waals surface area contributed by atoms with Gasteiger partial charge in [-0.15, -0.1) is 11.3 Å². The summed E-state index contributed by atoms with van der Waals surface area (Å²) in [6.45, 7) is 2.00. The van der Waals surface area contributed by atoms with Gasteiger partial charge in [0, 0.05) is 4.88 Å². The van der Waals surface area contributed by atoms with Gasteiger partial charge in [0.15, 0.2) is 4.80 Å². The summed E-state index contributed by atoms with van der Waals surface area (Å²) in [5.74, 6) is -0.0850. The highest BCUT2D eigenvalue weighted by Crippen LogP contribution is 2.33. The fourth-order valence-corrected chi connectivity index (χ4v) is 6.23. The van der Waals surface area contributed by atoms with Crippen molar-refractivity contribution in [3.63, 3.8) is 0 Å². The minimum absolute atomic E-state index is 0.0902. The average Bonchev–Trinajstić information content (AvgIpc) is 3.47. The van der Waals surface area contributed by atoms with Crippen LogP contribution in [0.3, 0.4) is 0 Å². The van der Waals surface area contributed by atoms with E-state index in [1.807, 2.05) is 54.8 Å². The molecular formula is C26H24N2O3S2. The summed E-state index contributed by atoms with van der Waals surface area (Å²) in [5, 5.41) is 1.96. The number of thiazole rings is 1. The zero-order valence-corrected chi connectivity index (χ0v) is 19.9. The third-order valence-electron chi connectivity index (χ3n) is 5.96. The number of hydrogen-bond donors (Lipinski definition) is 0. The molecule has 2 aromatic heterocycles. The molecule has 1 aliphatic carbocycles. The van der Waals surface area contributed by atoms with E-state index in [0.29, 0.717) is 26.5 Å². The molecule has 0 fully saturated rings. The van der Waals surface area contributed by atoms with Crippen LogP contribution in [0, 0.1) is 5.92 Å². The number of hydrogen-bond acceptors (Lipinski definition) is 6. The molecule has 2 unspecified atom stereocenters. The van der Waals surface area contributed by atoms with Gasteiger partial charge in [-0.2, -0.15) is 0 Å². The molecule has 0 radical (unpaired) electrons. The number of ether oxygens (including phenoxy) is 1. The third-order valence-corrected chi connectivity index (χ3v) is 7.89. The smallest absolute Gasteiger partial charge is 0.338 e. The minimum atomic E-state index is -0.530. The number of aromatic nitrogens is 1. The maximum Gasteiger partial charge on any atom is 0.338 e. The van der Waals surface area contributed by atoms with Crippen molar-refractivity contribution in [3.05, 3.63) is 101 Å². The molecule has 33 heavy (non-hydrogen) atoms. The fourth-order valence-electron chi connectivity index (χ4n) is 4.30. The number of benzene rings is 1. The highest BCUT2D eigenvalue weighted by molar-refractivity contribution is 7.10. The molecule has 1 aromatic carbocycles. The first-order valence-corrected chi connectivity index (χ1v) is 12.7. The summed E-state index contributed by atoms with van der Waals surface area (Å²) in [7, 11) is 0. The molecule has 0 spiro atoms. The van der Waals surface area contributed by atoms with Gasteiger partial charge in [-0.05, 0) is 49.1 Å². The molecule has 0 saturated carbocycles. The van der Waals surface area contributed by atoms with Crippen molar-refractivity contribution in [2.24, 2.45) is 10.9 Å². The van der Waals surface area contributed by atoms with Crippen molar-refractivity contribution < 1.29 is 9.53 Å². The van der Waals surface area contributed by atoms with E-state index in [9.17, 15) is 9.59 Å². The zero-order chi connectivity index (χ0) is 22.8. The Morgan fingerprint density at radius 2 is 2.06 bits per heavy atom. The fraction of sp³-hybridized carbons (Fsp3) is 0.269. The third kappa shape index (κ3) is 4.43. The van der Waals surface area contributed by atoms with Crippen LogP contribution in [0.25, 0.3) is 6.08 Å². The summed E-state index contributed by atoms with van der Waals surface area (Å²) in [6.07, 6.45) is 9.50. The van der Waals surface area contributed by atoms with E-state index in [2.05, 4.69) is 23.2 Å². The Hall–Kier alpha value is -3.03. The quantitative estimate of drug-likeness (QED) is 0.406. The monoisotopic (exact) mass is 476 g/mol. The minimum Gasteiger partial charge on any atom is -0.457 e. The highest BCUT2D eigenvalue weighted by atomic mass is 32.1. The maximum absolute atomic E-state index is 13.5. The first-order chi connectivity index (χ1) is 16.1. The summed E-state index contributed by atoms with van der Waals surface area (Å²) >= 11 is 2.93. The molecule has 0 bridgehead atoms. The lowest BCUT2D eigenvalue weighted by Gasteiger charge is -2.23. The molecule has 2 atom stereocenters. The molecule has 5 nitrogen and oxygen atoms in total. The Labute approximate surface area is 199 Å². The summed E-state index contributed by atoms with van der Waals surface area (Å²) < 4.78 is 8.04. The van der Waals surface area contributed by atoms with Crippen LogP contribution >= 0.6 is 22.7 Å². The first-order valence-electron chi connectivity index (χ1n) is 11.0. The standard InChI is InChI=1S/C26H24N2O3S2/c1-17-22(25(30)31-16-19-11-6-3-7-12-19)23(20-13-8-14-32-20)28-24(29)21(33-26(28)27-17)15-18-9-4-2-5-10-18/h2-4,6-8,11-15,18,23H,5,9-10,16H2,1H3. The predicted octanol–water partition coefficient (Wildman–Crippen LogP) is 4.35. The van der Waals surface area contributed by atoms with Crippen molar-refractivity contribution in [2.75, 3.05) is 0 Å². The normalized spacial score (nSPS) is 20.5. The van der Waals surface area contributed by atoms with Crippen molar-refractivity contribution >= 4 is 34.7 Å². The molecule has 1 aliphatic heterocycles. The molecule has 0 amide bonds. The van der Waals surface area contributed by atoms with Crippen LogP contribution in [0.15, 0.2) is 81.1 Å². The zero-order valence-electron chi connectivity index (χ0n) is 18.3. The van der Waals surface area contributed by atoms with Crippen LogP contribution < -0.4 is 14.9 Å². The van der Waals surface area contributed by atoms with Gasteiger partial charge < -0.3 is 4.74 Å². The number of fused-ring (bicyclic) bond motifs is 1. The number of carbonyl (C=O) groups is 1. The van der Waals surface area contributed by atoms with Crippen molar-refractivity contribution in [1.82, 2.24) is 4.57 Å². The number of allylic oxidation sites excluding steroid dienone is 3. The van der Waals surface area contributed by atoms with Gasteiger partial charge in [-0.3, -0.25) is 9.36 Å². The van der Waals surface area contributed by atoms with Crippen LogP contribution in [-0.4, -0.2) is 10.5 Å². The van der Waals surface area contributed by atoms with Gasteiger partial charge in [-0.1, -0.05) is 66.0 Å². The largest absolute Gasteiger partial charge is 0.457 e. The van der Waals surface area contributed by atoms with Crippen LogP contribution in [-0.2, 0) is 16.1 Å². The molecule has 3 heterocycles. The summed E-state index contributed by atoms with van der Waals surface area (Å²) in [6, 6.07) is 13.0. The summed E-state index contributed by atoms with van der Waals surface area (Å²) in [4.78, 5) is 33.0. The van der Waals surface area contributed by atoms with Gasteiger partial charge in [0.1, 0.15) is 12.6 Å². The second-order valence-electron chi connectivity index (χ2n) is 8.23. The van der Waals surface area contributed by atoms with E-state index in [4.69, 9.17) is 4.74 Å². The van der Waals surface area contributed by atoms with E-state index in [0.717, 1.165) is 29.7 Å². The van der Waals surface area contributed by atoms with Crippen molar-refractivity contribution in [2.45, 2.75) is 38.8 Å². The lowest BCUT2D eigenvalue weighted by molar-refractivity contribution is -0.140. The Morgan fingerprint density at radius 3 is 2.79 bits per heavy atom. The van der Waals surface area contributed by atoms with Gasteiger partial charge in [-0.25, -0.2) is 9.79 Å². The predicted molar refractivity (Wildman–Crippen MR) is 132 cm³/mol. The van der Waals surface area contributed by atoms with Crippen molar-refractivity contribution in [1.29, 1.82) is 0 Å². The second kappa shape index (κ2) is 9.45. The van der Waals surface area contributed by atoms with Gasteiger partial charge in [0.2, 0.25) is 0 Å². The van der Waals surface area contributed by atoms with Crippen LogP contribution in [0.1, 0.15) is 42.7 Å². The topological polar surface area (TPSA) is 60.7 Å². The highest BCUT2D eigenvalue weighted by Gasteiger charge is 2.34. The Kier molecular flexibility index (Phi) is 6.24. The van der Waals surface area contributed by atoms with Crippen LogP contribution in [0.4, 0.5) is 0 Å². The molecule has 5 rings (SSSR count). The van der Waals surface area contributed by atoms with E-state index < -0.39 is 12.0 Å². The van der Waals surface area contributed by atoms with Crippen molar-refractivity contribution in [3.8, 4) is 0 Å². The molecule has 0 N–H and O–H groups in total. The lowest BCUT2D eigenvalue weighted by atomic mass is 9.94. The first kappa shape index (κ1) is 21.8. The Bertz CT molecular complexity index is 1400. The van der Waals surface area contributed by atoms with E-state index >= 15 is 0 Å². The molecule has 3 aromatic rings.